The normalized spacial score (nSPS) is 12.0. The molecule has 0 aromatic rings. The van der Waals surface area contributed by atoms with Gasteiger partial charge in [0, 0.05) is 13.1 Å². The summed E-state index contributed by atoms with van der Waals surface area (Å²) in [5, 5.41) is 2.56. The van der Waals surface area contributed by atoms with Gasteiger partial charge in [-0.3, -0.25) is 9.59 Å². The van der Waals surface area contributed by atoms with Crippen molar-refractivity contribution in [3.63, 3.8) is 0 Å². The van der Waals surface area contributed by atoms with Crippen molar-refractivity contribution in [3.8, 4) is 0 Å². The molecule has 0 aromatic heterocycles. The Morgan fingerprint density at radius 2 is 1.81 bits per heavy atom. The summed E-state index contributed by atoms with van der Waals surface area (Å²) in [7, 11) is 0. The number of nitrogens with two attached hydrogens (primary N) is 1. The molecule has 0 rings (SSSR count). The molecule has 0 aliphatic carbocycles. The fourth-order valence-corrected chi connectivity index (χ4v) is 1.42. The van der Waals surface area contributed by atoms with Gasteiger partial charge in [0.1, 0.15) is 0 Å². The summed E-state index contributed by atoms with van der Waals surface area (Å²) in [6, 6.07) is -0.505. The van der Waals surface area contributed by atoms with E-state index in [0.717, 1.165) is 6.42 Å². The number of rotatable bonds is 7. The van der Waals surface area contributed by atoms with E-state index in [1.165, 1.54) is 0 Å². The average Bonchev–Trinajstić information content (AvgIpc) is 2.27. The van der Waals surface area contributed by atoms with Crippen LogP contribution in [0.2, 0.25) is 0 Å². The largest absolute Gasteiger partial charge is 0.346 e. The quantitative estimate of drug-likeness (QED) is 0.650. The van der Waals surface area contributed by atoms with Crippen molar-refractivity contribution in [2.75, 3.05) is 19.6 Å². The number of nitrogens with one attached hydrogen (secondary N) is 1. The smallest absolute Gasteiger partial charge is 0.241 e. The van der Waals surface area contributed by atoms with Gasteiger partial charge in [-0.1, -0.05) is 13.3 Å². The highest BCUT2D eigenvalue weighted by molar-refractivity contribution is 5.87. The van der Waals surface area contributed by atoms with Crippen LogP contribution in [0.3, 0.4) is 0 Å². The van der Waals surface area contributed by atoms with Gasteiger partial charge < -0.3 is 16.0 Å². The zero-order valence-corrected chi connectivity index (χ0v) is 10.5. The Labute approximate surface area is 97.4 Å². The number of hydrogen-bond donors (Lipinski definition) is 2. The molecule has 5 heteroatoms. The molecule has 0 aromatic carbocycles. The SMILES string of the molecule is CCCC(N)C(=O)NCC(=O)N(CC)CC. The number of hydrogen-bond acceptors (Lipinski definition) is 3. The summed E-state index contributed by atoms with van der Waals surface area (Å²) in [5.74, 6) is -0.315. The molecule has 2 amide bonds. The van der Waals surface area contributed by atoms with Gasteiger partial charge in [0.25, 0.3) is 0 Å². The molecule has 0 bridgehead atoms. The lowest BCUT2D eigenvalue weighted by Gasteiger charge is -2.19. The minimum Gasteiger partial charge on any atom is -0.346 e. The molecule has 3 N–H and O–H groups in total. The molecular formula is C11H23N3O2. The molecule has 94 valence electrons. The molecule has 0 aliphatic heterocycles. The van der Waals surface area contributed by atoms with Crippen LogP contribution in [0.25, 0.3) is 0 Å². The van der Waals surface area contributed by atoms with Gasteiger partial charge in [0.05, 0.1) is 12.6 Å². The first-order chi connectivity index (χ1) is 7.56. The molecule has 5 nitrogen and oxygen atoms in total. The van der Waals surface area contributed by atoms with Crippen molar-refractivity contribution in [1.29, 1.82) is 0 Å². The van der Waals surface area contributed by atoms with E-state index in [1.807, 2.05) is 20.8 Å². The number of carbonyl (C=O) groups excluding carboxylic acids is 2. The monoisotopic (exact) mass is 229 g/mol. The summed E-state index contributed by atoms with van der Waals surface area (Å²) in [4.78, 5) is 24.7. The predicted octanol–water partition coefficient (Wildman–Crippen LogP) is 0.0984. The molecule has 1 atom stereocenters. The predicted molar refractivity (Wildman–Crippen MR) is 63.8 cm³/mol. The molecule has 0 saturated heterocycles. The first-order valence-electron chi connectivity index (χ1n) is 5.87. The number of nitrogens with zero attached hydrogens (tertiary/aromatic N) is 1. The second-order valence-corrected chi connectivity index (χ2v) is 3.68. The van der Waals surface area contributed by atoms with E-state index in [2.05, 4.69) is 5.32 Å². The Morgan fingerprint density at radius 1 is 1.25 bits per heavy atom. The topological polar surface area (TPSA) is 75.4 Å². The van der Waals surface area contributed by atoms with Crippen molar-refractivity contribution in [3.05, 3.63) is 0 Å². The van der Waals surface area contributed by atoms with Gasteiger partial charge >= 0.3 is 0 Å². The van der Waals surface area contributed by atoms with Gasteiger partial charge in [-0.05, 0) is 20.3 Å². The van der Waals surface area contributed by atoms with E-state index in [-0.39, 0.29) is 18.4 Å². The summed E-state index contributed by atoms with van der Waals surface area (Å²) in [5.41, 5.74) is 5.62. The minimum absolute atomic E-state index is 0.0396. The van der Waals surface area contributed by atoms with Crippen LogP contribution >= 0.6 is 0 Å². The van der Waals surface area contributed by atoms with Crippen molar-refractivity contribution < 1.29 is 9.59 Å². The van der Waals surface area contributed by atoms with Gasteiger partial charge in [0.2, 0.25) is 11.8 Å². The fourth-order valence-electron chi connectivity index (χ4n) is 1.42. The van der Waals surface area contributed by atoms with Crippen molar-refractivity contribution >= 4 is 11.8 Å². The van der Waals surface area contributed by atoms with Gasteiger partial charge in [-0.25, -0.2) is 0 Å². The third-order valence-electron chi connectivity index (χ3n) is 2.47. The third-order valence-corrected chi connectivity index (χ3v) is 2.47. The molecule has 16 heavy (non-hydrogen) atoms. The maximum atomic E-state index is 11.6. The average molecular weight is 229 g/mol. The molecule has 0 heterocycles. The Morgan fingerprint density at radius 3 is 2.25 bits per heavy atom. The van der Waals surface area contributed by atoms with E-state index < -0.39 is 6.04 Å². The maximum Gasteiger partial charge on any atom is 0.241 e. The summed E-state index contributed by atoms with van der Waals surface area (Å²) in [6.07, 6.45) is 1.50. The van der Waals surface area contributed by atoms with Crippen LogP contribution in [0.5, 0.6) is 0 Å². The Kier molecular flexibility index (Phi) is 7.54. The maximum absolute atomic E-state index is 11.6. The Hall–Kier alpha value is -1.10. The summed E-state index contributed by atoms with van der Waals surface area (Å²) in [6.45, 7) is 7.14. The second kappa shape index (κ2) is 8.10. The van der Waals surface area contributed by atoms with Crippen LogP contribution in [0.4, 0.5) is 0 Å². The lowest BCUT2D eigenvalue weighted by Crippen LogP contribution is -2.45. The summed E-state index contributed by atoms with van der Waals surface area (Å²) >= 11 is 0. The minimum atomic E-state index is -0.505. The van der Waals surface area contributed by atoms with Crippen molar-refractivity contribution in [1.82, 2.24) is 10.2 Å². The van der Waals surface area contributed by atoms with E-state index in [9.17, 15) is 9.59 Å². The van der Waals surface area contributed by atoms with Gasteiger partial charge in [-0.2, -0.15) is 0 Å². The van der Waals surface area contributed by atoms with Crippen molar-refractivity contribution in [2.24, 2.45) is 5.73 Å². The van der Waals surface area contributed by atoms with Crippen LogP contribution in [-0.2, 0) is 9.59 Å². The van der Waals surface area contributed by atoms with Crippen molar-refractivity contribution in [2.45, 2.75) is 39.7 Å². The lowest BCUT2D eigenvalue weighted by molar-refractivity contribution is -0.132. The van der Waals surface area contributed by atoms with Crippen LogP contribution in [0.15, 0.2) is 0 Å². The fraction of sp³-hybridized carbons (Fsp3) is 0.818. The molecule has 0 radical (unpaired) electrons. The molecule has 0 fully saturated rings. The van der Waals surface area contributed by atoms with Crippen LogP contribution in [-0.4, -0.2) is 42.4 Å². The molecule has 0 saturated carbocycles. The highest BCUT2D eigenvalue weighted by Crippen LogP contribution is 1.93. The van der Waals surface area contributed by atoms with E-state index in [0.29, 0.717) is 19.5 Å². The molecule has 0 aliphatic rings. The second-order valence-electron chi connectivity index (χ2n) is 3.68. The van der Waals surface area contributed by atoms with Gasteiger partial charge in [-0.15, -0.1) is 0 Å². The standard InChI is InChI=1S/C11H23N3O2/c1-4-7-9(12)11(16)13-8-10(15)14(5-2)6-3/h9H,4-8,12H2,1-3H3,(H,13,16). The molecular weight excluding hydrogens is 206 g/mol. The van der Waals surface area contributed by atoms with Crippen LogP contribution < -0.4 is 11.1 Å². The number of amides is 2. The van der Waals surface area contributed by atoms with Gasteiger partial charge in [0.15, 0.2) is 0 Å². The van der Waals surface area contributed by atoms with Crippen LogP contribution in [0, 0.1) is 0 Å². The number of likely N-dealkylation sites (N-methyl/N-ethyl adjacent to an activating group) is 1. The Bertz CT molecular complexity index is 227. The first-order valence-corrected chi connectivity index (χ1v) is 5.87. The molecule has 0 spiro atoms. The lowest BCUT2D eigenvalue weighted by atomic mass is 10.2. The van der Waals surface area contributed by atoms with E-state index >= 15 is 0 Å². The zero-order chi connectivity index (χ0) is 12.6. The third kappa shape index (κ3) is 5.11. The zero-order valence-electron chi connectivity index (χ0n) is 10.5. The summed E-state index contributed by atoms with van der Waals surface area (Å²) < 4.78 is 0. The highest BCUT2D eigenvalue weighted by Gasteiger charge is 2.15. The Balaban J connectivity index is 3.95. The highest BCUT2D eigenvalue weighted by atomic mass is 16.2. The molecule has 1 unspecified atom stereocenters. The number of carbonyl (C=O) groups is 2. The van der Waals surface area contributed by atoms with Crippen LogP contribution in [0.1, 0.15) is 33.6 Å². The van der Waals surface area contributed by atoms with E-state index in [1.54, 1.807) is 4.90 Å². The van der Waals surface area contributed by atoms with E-state index in [4.69, 9.17) is 5.73 Å². The first kappa shape index (κ1) is 14.9.